The van der Waals surface area contributed by atoms with Crippen molar-refractivity contribution >= 4 is 16.2 Å². The van der Waals surface area contributed by atoms with Crippen LogP contribution in [0.2, 0.25) is 0 Å². The molecular formula is C18H21NaO5S. The fraction of sp³-hybridized carbons (Fsp3) is 0.611. The summed E-state index contributed by atoms with van der Waals surface area (Å²) in [6.07, 6.45) is 4.60. The Morgan fingerprint density at radius 2 is 1.92 bits per heavy atom. The number of carbonyl (C=O) groups is 1. The molecule has 1 unspecified atom stereocenters. The third-order valence-electron chi connectivity index (χ3n) is 6.32. The van der Waals surface area contributed by atoms with E-state index in [9.17, 15) is 17.8 Å². The minimum atomic E-state index is -4.66. The zero-order valence-corrected chi connectivity index (χ0v) is 17.5. The first kappa shape index (κ1) is 19.5. The van der Waals surface area contributed by atoms with E-state index in [2.05, 4.69) is 17.2 Å². The average molecular weight is 372 g/mol. The second-order valence-electron chi connectivity index (χ2n) is 7.57. The van der Waals surface area contributed by atoms with Gasteiger partial charge in [-0.15, -0.1) is 0 Å². The molecule has 1 saturated carbocycles. The molecule has 3 aliphatic carbocycles. The fourth-order valence-electron chi connectivity index (χ4n) is 5.06. The van der Waals surface area contributed by atoms with E-state index in [-0.39, 0.29) is 35.0 Å². The van der Waals surface area contributed by atoms with Crippen LogP contribution in [-0.2, 0) is 38.6 Å². The van der Waals surface area contributed by atoms with Gasteiger partial charge in [0.2, 0.25) is 10.4 Å². The van der Waals surface area contributed by atoms with Crippen molar-refractivity contribution in [1.82, 2.24) is 0 Å². The summed E-state index contributed by atoms with van der Waals surface area (Å²) in [5, 5.41) is 0. The Balaban J connectivity index is 0.00000182. The first-order valence-corrected chi connectivity index (χ1v) is 9.92. The summed E-state index contributed by atoms with van der Waals surface area (Å²) in [6, 6.07) is 4.15. The summed E-state index contributed by atoms with van der Waals surface area (Å²) in [4.78, 5) is 12.3. The number of Topliss-reactive ketones (excluding diaryl/α,β-unsaturated/α-hetero) is 1. The maximum atomic E-state index is 12.3. The van der Waals surface area contributed by atoms with Gasteiger partial charge in [0.25, 0.3) is 0 Å². The Kier molecular flexibility index (Phi) is 5.26. The molecule has 130 valence electrons. The average Bonchev–Trinajstić information content (AvgIpc) is 2.81. The maximum Gasteiger partial charge on any atom is 1.00 e. The van der Waals surface area contributed by atoms with Crippen molar-refractivity contribution < 1.29 is 51.5 Å². The largest absolute Gasteiger partial charge is 1.00 e. The molecule has 25 heavy (non-hydrogen) atoms. The Bertz CT molecular complexity index is 819. The zero-order valence-electron chi connectivity index (χ0n) is 14.7. The molecule has 1 aromatic carbocycles. The summed E-state index contributed by atoms with van der Waals surface area (Å²) < 4.78 is 37.1. The molecule has 1 aromatic rings. The van der Waals surface area contributed by atoms with Gasteiger partial charge in [-0.2, -0.15) is 0 Å². The molecule has 3 aliphatic rings. The second-order valence-corrected chi connectivity index (χ2v) is 8.58. The maximum absolute atomic E-state index is 12.3. The molecule has 0 spiro atoms. The molecule has 0 heterocycles. The summed E-state index contributed by atoms with van der Waals surface area (Å²) >= 11 is 0. The standard InChI is InChI=1S/C18H22O5S.Na/c1-18-9-8-14-13-5-3-12(23-24(20,21)22)10-11(13)2-4-15(14)16(18)6-7-17(18)19;/h2,4,12,16H,3,5-10H2,1H3,(H,20,21,22);/q;+1/p-1/t12-,16?,18-;/m0./s1. The predicted molar refractivity (Wildman–Crippen MR) is 86.4 cm³/mol. The van der Waals surface area contributed by atoms with Gasteiger partial charge in [0, 0.05) is 18.3 Å². The molecule has 4 rings (SSSR count). The predicted octanol–water partition coefficient (Wildman–Crippen LogP) is -0.576. The van der Waals surface area contributed by atoms with Crippen LogP contribution in [0.25, 0.3) is 0 Å². The van der Waals surface area contributed by atoms with E-state index >= 15 is 0 Å². The molecular weight excluding hydrogens is 351 g/mol. The van der Waals surface area contributed by atoms with Crippen molar-refractivity contribution in [2.24, 2.45) is 5.41 Å². The van der Waals surface area contributed by atoms with Gasteiger partial charge < -0.3 is 4.55 Å². The molecule has 0 amide bonds. The van der Waals surface area contributed by atoms with Crippen molar-refractivity contribution in [2.45, 2.75) is 63.9 Å². The van der Waals surface area contributed by atoms with Gasteiger partial charge >= 0.3 is 29.6 Å². The van der Waals surface area contributed by atoms with Crippen molar-refractivity contribution in [3.8, 4) is 0 Å². The number of hydrogen-bond acceptors (Lipinski definition) is 5. The van der Waals surface area contributed by atoms with Gasteiger partial charge in [-0.05, 0) is 60.3 Å². The summed E-state index contributed by atoms with van der Waals surface area (Å²) in [5.74, 6) is 0.708. The van der Waals surface area contributed by atoms with E-state index < -0.39 is 16.5 Å². The van der Waals surface area contributed by atoms with E-state index in [0.29, 0.717) is 31.0 Å². The van der Waals surface area contributed by atoms with Crippen LogP contribution in [0, 0.1) is 5.41 Å². The normalized spacial score (nSPS) is 30.9. The van der Waals surface area contributed by atoms with Crippen molar-refractivity contribution in [3.63, 3.8) is 0 Å². The Hall–Kier alpha value is -0.240. The van der Waals surface area contributed by atoms with E-state index in [1.54, 1.807) is 0 Å². The molecule has 0 N–H and O–H groups in total. The molecule has 0 aromatic heterocycles. The van der Waals surface area contributed by atoms with Gasteiger partial charge in [0.05, 0.1) is 6.10 Å². The SMILES string of the molecule is C[C@]12CCc3c(ccc4c3CC[C@H](OS(=O)(=O)[O-])C4)C1CCC2=O.[Na+]. The number of benzene rings is 1. The van der Waals surface area contributed by atoms with Gasteiger partial charge in [-0.25, -0.2) is 8.42 Å². The van der Waals surface area contributed by atoms with Crippen molar-refractivity contribution in [3.05, 3.63) is 34.4 Å². The Morgan fingerprint density at radius 3 is 2.64 bits per heavy atom. The number of carbonyl (C=O) groups excluding carboxylic acids is 1. The molecule has 7 heteroatoms. The molecule has 0 aliphatic heterocycles. The first-order chi connectivity index (χ1) is 11.3. The quantitative estimate of drug-likeness (QED) is 0.394. The van der Waals surface area contributed by atoms with Gasteiger partial charge in [-0.1, -0.05) is 19.1 Å². The second kappa shape index (κ2) is 6.73. The number of rotatable bonds is 2. The third-order valence-corrected chi connectivity index (χ3v) is 6.83. The van der Waals surface area contributed by atoms with Gasteiger partial charge in [0.1, 0.15) is 5.78 Å². The van der Waals surface area contributed by atoms with Crippen LogP contribution in [0.3, 0.4) is 0 Å². The van der Waals surface area contributed by atoms with Gasteiger partial charge in [0.15, 0.2) is 0 Å². The minimum Gasteiger partial charge on any atom is -0.726 e. The number of fused-ring (bicyclic) bond motifs is 5. The summed E-state index contributed by atoms with van der Waals surface area (Å²) in [7, 11) is -4.66. The zero-order chi connectivity index (χ0) is 17.1. The Morgan fingerprint density at radius 1 is 1.16 bits per heavy atom. The first-order valence-electron chi connectivity index (χ1n) is 8.59. The molecule has 5 nitrogen and oxygen atoms in total. The van der Waals surface area contributed by atoms with E-state index in [1.807, 2.05) is 6.07 Å². The number of ketones is 1. The van der Waals surface area contributed by atoms with Gasteiger partial charge in [-0.3, -0.25) is 8.98 Å². The van der Waals surface area contributed by atoms with Crippen molar-refractivity contribution in [2.75, 3.05) is 0 Å². The van der Waals surface area contributed by atoms with Crippen LogP contribution in [0.1, 0.15) is 60.8 Å². The van der Waals surface area contributed by atoms with E-state index in [1.165, 1.54) is 16.7 Å². The molecule has 0 saturated heterocycles. The van der Waals surface area contributed by atoms with Crippen LogP contribution in [0.4, 0.5) is 0 Å². The van der Waals surface area contributed by atoms with E-state index in [4.69, 9.17) is 0 Å². The van der Waals surface area contributed by atoms with Crippen molar-refractivity contribution in [1.29, 1.82) is 0 Å². The van der Waals surface area contributed by atoms with Crippen LogP contribution < -0.4 is 29.6 Å². The van der Waals surface area contributed by atoms with Crippen LogP contribution >= 0.6 is 0 Å². The molecule has 1 fully saturated rings. The van der Waals surface area contributed by atoms with Crippen LogP contribution in [0.15, 0.2) is 12.1 Å². The van der Waals surface area contributed by atoms with E-state index in [0.717, 1.165) is 31.2 Å². The molecule has 0 radical (unpaired) electrons. The summed E-state index contributed by atoms with van der Waals surface area (Å²) in [5.41, 5.74) is 4.83. The summed E-state index contributed by atoms with van der Waals surface area (Å²) in [6.45, 7) is 2.11. The smallest absolute Gasteiger partial charge is 0.726 e. The minimum absolute atomic E-state index is 0. The topological polar surface area (TPSA) is 83.5 Å². The molecule has 0 bridgehead atoms. The van der Waals surface area contributed by atoms with Crippen LogP contribution in [0.5, 0.6) is 0 Å². The monoisotopic (exact) mass is 372 g/mol. The Labute approximate surface area is 170 Å². The van der Waals surface area contributed by atoms with Crippen LogP contribution in [-0.4, -0.2) is 24.9 Å². The third kappa shape index (κ3) is 3.37. The number of hydrogen-bond donors (Lipinski definition) is 0. The molecule has 3 atom stereocenters. The fourth-order valence-corrected chi connectivity index (χ4v) is 5.55.